The number of carbonyl (C=O) groups is 1. The standard InChI is InChI=1S/C28H27N3O4S/c1-2-19-11-13-21(14-12-19)29-28-30(22-8-4-3-5-9-22)27(32)26(36-28)18-24-15-16-25(35-24)20-7-6-10-23(17-20)31(33)34/h6-7,10-18,22H,2-5,8-9H2,1H3/b26-18+,29-28?. The fourth-order valence-electron chi connectivity index (χ4n) is 4.63. The number of aryl methyl sites for hydroxylation is 1. The van der Waals surface area contributed by atoms with Gasteiger partial charge in [0.15, 0.2) is 5.17 Å². The Bertz CT molecular complexity index is 1340. The van der Waals surface area contributed by atoms with Gasteiger partial charge in [-0.3, -0.25) is 19.8 Å². The summed E-state index contributed by atoms with van der Waals surface area (Å²) in [4.78, 5) is 31.5. The molecule has 1 aromatic heterocycles. The molecule has 1 saturated carbocycles. The van der Waals surface area contributed by atoms with Gasteiger partial charge in [0, 0.05) is 29.8 Å². The minimum Gasteiger partial charge on any atom is -0.457 e. The molecule has 2 fully saturated rings. The molecule has 0 spiro atoms. The maximum atomic E-state index is 13.5. The molecule has 0 bridgehead atoms. The van der Waals surface area contributed by atoms with Gasteiger partial charge >= 0.3 is 0 Å². The number of nitrogens with zero attached hydrogens (tertiary/aromatic N) is 3. The van der Waals surface area contributed by atoms with Crippen LogP contribution in [0.4, 0.5) is 11.4 Å². The van der Waals surface area contributed by atoms with Gasteiger partial charge in [0.05, 0.1) is 15.5 Å². The second-order valence-corrected chi connectivity index (χ2v) is 10.0. The number of aliphatic imine (C=N–C) groups is 1. The number of hydrogen-bond donors (Lipinski definition) is 0. The van der Waals surface area contributed by atoms with Crippen molar-refractivity contribution in [3.05, 3.63) is 87.0 Å². The number of nitro groups is 1. The predicted octanol–water partition coefficient (Wildman–Crippen LogP) is 7.35. The van der Waals surface area contributed by atoms with Crippen LogP contribution in [0.25, 0.3) is 17.4 Å². The van der Waals surface area contributed by atoms with Crippen molar-refractivity contribution in [2.75, 3.05) is 0 Å². The largest absolute Gasteiger partial charge is 0.457 e. The molecule has 1 saturated heterocycles. The van der Waals surface area contributed by atoms with Crippen LogP contribution >= 0.6 is 11.8 Å². The van der Waals surface area contributed by atoms with Crippen molar-refractivity contribution < 1.29 is 14.1 Å². The number of benzene rings is 2. The fraction of sp³-hybridized carbons (Fsp3) is 0.286. The highest BCUT2D eigenvalue weighted by Crippen LogP contribution is 2.39. The van der Waals surface area contributed by atoms with Crippen molar-refractivity contribution in [3.8, 4) is 11.3 Å². The van der Waals surface area contributed by atoms with Crippen LogP contribution in [0.3, 0.4) is 0 Å². The molecule has 8 heteroatoms. The Morgan fingerprint density at radius 2 is 1.89 bits per heavy atom. The van der Waals surface area contributed by atoms with Crippen LogP contribution in [-0.2, 0) is 11.2 Å². The van der Waals surface area contributed by atoms with Crippen molar-refractivity contribution in [2.24, 2.45) is 4.99 Å². The van der Waals surface area contributed by atoms with E-state index in [0.717, 1.165) is 37.8 Å². The molecule has 2 heterocycles. The van der Waals surface area contributed by atoms with Gasteiger partial charge in [-0.25, -0.2) is 4.99 Å². The Kier molecular flexibility index (Phi) is 7.04. The highest BCUT2D eigenvalue weighted by atomic mass is 32.2. The first kappa shape index (κ1) is 24.1. The van der Waals surface area contributed by atoms with Gasteiger partial charge < -0.3 is 4.42 Å². The average molecular weight is 502 g/mol. The van der Waals surface area contributed by atoms with Crippen molar-refractivity contribution in [1.82, 2.24) is 4.90 Å². The van der Waals surface area contributed by atoms with Crippen molar-refractivity contribution in [1.29, 1.82) is 0 Å². The molecule has 0 unspecified atom stereocenters. The maximum Gasteiger partial charge on any atom is 0.270 e. The molecule has 0 atom stereocenters. The van der Waals surface area contributed by atoms with Crippen LogP contribution in [0.5, 0.6) is 0 Å². The van der Waals surface area contributed by atoms with Gasteiger partial charge in [-0.1, -0.05) is 50.5 Å². The summed E-state index contributed by atoms with van der Waals surface area (Å²) in [5.74, 6) is 0.976. The summed E-state index contributed by atoms with van der Waals surface area (Å²) in [6.07, 6.45) is 8.09. The predicted molar refractivity (Wildman–Crippen MR) is 143 cm³/mol. The maximum absolute atomic E-state index is 13.5. The molecule has 0 N–H and O–H groups in total. The number of nitro benzene ring substituents is 1. The van der Waals surface area contributed by atoms with Crippen LogP contribution in [-0.4, -0.2) is 26.9 Å². The molecule has 1 aliphatic heterocycles. The van der Waals surface area contributed by atoms with Gasteiger partial charge in [0.2, 0.25) is 0 Å². The van der Waals surface area contributed by atoms with E-state index < -0.39 is 4.92 Å². The minimum absolute atomic E-state index is 0.00118. The first-order valence-corrected chi connectivity index (χ1v) is 13.1. The van der Waals surface area contributed by atoms with Crippen LogP contribution in [0.15, 0.2) is 75.0 Å². The van der Waals surface area contributed by atoms with E-state index in [1.165, 1.54) is 35.9 Å². The Morgan fingerprint density at radius 3 is 2.61 bits per heavy atom. The van der Waals surface area contributed by atoms with Crippen LogP contribution in [0.1, 0.15) is 50.4 Å². The van der Waals surface area contributed by atoms with Crippen LogP contribution in [0.2, 0.25) is 0 Å². The highest BCUT2D eigenvalue weighted by Gasteiger charge is 2.38. The first-order valence-electron chi connectivity index (χ1n) is 12.3. The average Bonchev–Trinajstić information content (AvgIpc) is 3.49. The van der Waals surface area contributed by atoms with Gasteiger partial charge in [0.1, 0.15) is 11.5 Å². The Balaban J connectivity index is 1.44. The number of amidine groups is 1. The SMILES string of the molecule is CCc1ccc(N=C2S/C(=C/c3ccc(-c4cccc([N+](=O)[O-])c4)o3)C(=O)N2C2CCCCC2)cc1. The molecule has 2 aliphatic rings. The zero-order chi connectivity index (χ0) is 25.1. The van der Waals surface area contributed by atoms with E-state index in [9.17, 15) is 14.9 Å². The molecular formula is C28H27N3O4S. The molecule has 7 nitrogen and oxygen atoms in total. The fourth-order valence-corrected chi connectivity index (χ4v) is 5.67. The third kappa shape index (κ3) is 5.14. The summed E-state index contributed by atoms with van der Waals surface area (Å²) in [5, 5.41) is 11.8. The summed E-state index contributed by atoms with van der Waals surface area (Å²) < 4.78 is 5.95. The molecule has 2 aromatic carbocycles. The first-order chi connectivity index (χ1) is 17.5. The number of amides is 1. The quantitative estimate of drug-likeness (QED) is 0.200. The van der Waals surface area contributed by atoms with E-state index in [2.05, 4.69) is 19.1 Å². The Labute approximate surface area is 214 Å². The zero-order valence-electron chi connectivity index (χ0n) is 20.1. The third-order valence-electron chi connectivity index (χ3n) is 6.59. The lowest BCUT2D eigenvalue weighted by Gasteiger charge is -2.30. The molecule has 36 heavy (non-hydrogen) atoms. The van der Waals surface area contributed by atoms with Crippen molar-refractivity contribution in [2.45, 2.75) is 51.5 Å². The van der Waals surface area contributed by atoms with E-state index in [4.69, 9.17) is 9.41 Å². The Hall–Kier alpha value is -3.65. The minimum atomic E-state index is -0.431. The second kappa shape index (κ2) is 10.5. The summed E-state index contributed by atoms with van der Waals surface area (Å²) in [6.45, 7) is 2.12. The third-order valence-corrected chi connectivity index (χ3v) is 7.57. The molecule has 3 aromatic rings. The van der Waals surface area contributed by atoms with E-state index >= 15 is 0 Å². The van der Waals surface area contributed by atoms with Gasteiger partial charge in [-0.15, -0.1) is 0 Å². The van der Waals surface area contributed by atoms with Gasteiger partial charge in [-0.05, 0) is 60.9 Å². The zero-order valence-corrected chi connectivity index (χ0v) is 20.9. The molecular weight excluding hydrogens is 474 g/mol. The molecule has 0 radical (unpaired) electrons. The monoisotopic (exact) mass is 501 g/mol. The molecule has 184 valence electrons. The number of hydrogen-bond acceptors (Lipinski definition) is 6. The van der Waals surface area contributed by atoms with E-state index in [1.54, 1.807) is 30.3 Å². The summed E-state index contributed by atoms with van der Waals surface area (Å²) in [5.41, 5.74) is 2.69. The van der Waals surface area contributed by atoms with Gasteiger partial charge in [0.25, 0.3) is 11.6 Å². The smallest absolute Gasteiger partial charge is 0.270 e. The summed E-state index contributed by atoms with van der Waals surface area (Å²) in [6, 6.07) is 18.1. The number of carbonyl (C=O) groups excluding carboxylic acids is 1. The molecule has 1 aliphatic carbocycles. The van der Waals surface area contributed by atoms with Crippen LogP contribution in [0, 0.1) is 10.1 Å². The number of non-ortho nitro benzene ring substituents is 1. The lowest BCUT2D eigenvalue weighted by molar-refractivity contribution is -0.384. The van der Waals surface area contributed by atoms with E-state index in [-0.39, 0.29) is 17.6 Å². The van der Waals surface area contributed by atoms with Crippen molar-refractivity contribution >= 4 is 40.3 Å². The normalized spacial score (nSPS) is 18.9. The van der Waals surface area contributed by atoms with Crippen molar-refractivity contribution in [3.63, 3.8) is 0 Å². The summed E-state index contributed by atoms with van der Waals surface area (Å²) >= 11 is 1.37. The lowest BCUT2D eigenvalue weighted by atomic mass is 9.94. The van der Waals surface area contributed by atoms with E-state index in [1.807, 2.05) is 17.0 Å². The Morgan fingerprint density at radius 1 is 1.11 bits per heavy atom. The number of rotatable bonds is 6. The second-order valence-electron chi connectivity index (χ2n) is 9.00. The van der Waals surface area contributed by atoms with Gasteiger partial charge in [-0.2, -0.15) is 0 Å². The molecule has 1 amide bonds. The number of furan rings is 1. The van der Waals surface area contributed by atoms with Crippen LogP contribution < -0.4 is 0 Å². The lowest BCUT2D eigenvalue weighted by Crippen LogP contribution is -2.40. The summed E-state index contributed by atoms with van der Waals surface area (Å²) in [7, 11) is 0. The molecule has 5 rings (SSSR count). The topological polar surface area (TPSA) is 89.0 Å². The highest BCUT2D eigenvalue weighted by molar-refractivity contribution is 8.18. The number of thioether (sulfide) groups is 1. The van der Waals surface area contributed by atoms with E-state index in [0.29, 0.717) is 27.2 Å².